The molecule has 1 rings (SSSR count). The predicted molar refractivity (Wildman–Crippen MR) is 88.2 cm³/mol. The summed E-state index contributed by atoms with van der Waals surface area (Å²) in [5, 5.41) is 6.25. The molecule has 1 aromatic heterocycles. The summed E-state index contributed by atoms with van der Waals surface area (Å²) in [6.45, 7) is 10.4. The highest BCUT2D eigenvalue weighted by Crippen LogP contribution is 2.09. The number of hydrogen-bond donors (Lipinski definition) is 0. The fourth-order valence-corrected chi connectivity index (χ4v) is 2.48. The summed E-state index contributed by atoms with van der Waals surface area (Å²) in [5.41, 5.74) is 1.43. The van der Waals surface area contributed by atoms with Crippen LogP contribution in [0.3, 0.4) is 0 Å². The van der Waals surface area contributed by atoms with E-state index in [0.717, 1.165) is 6.42 Å². The van der Waals surface area contributed by atoms with Crippen LogP contribution in [0.5, 0.6) is 0 Å². The average molecular weight is 288 g/mol. The highest BCUT2D eigenvalue weighted by atomic mass is 14.9. The van der Waals surface area contributed by atoms with E-state index in [-0.39, 0.29) is 0 Å². The van der Waals surface area contributed by atoms with Crippen molar-refractivity contribution >= 4 is 0 Å². The van der Waals surface area contributed by atoms with Crippen LogP contribution in [0.4, 0.5) is 0 Å². The fourth-order valence-electron chi connectivity index (χ4n) is 2.48. The lowest BCUT2D eigenvalue weighted by atomic mass is 10.1. The Morgan fingerprint density at radius 3 is 1.76 bits per heavy atom. The summed E-state index contributed by atoms with van der Waals surface area (Å²) < 4.78 is 2.32. The Morgan fingerprint density at radius 2 is 1.29 bits per heavy atom. The van der Waals surface area contributed by atoms with E-state index in [2.05, 4.69) is 42.9 Å². The highest BCUT2D eigenvalue weighted by Gasteiger charge is 2.00. The molecule has 118 valence electrons. The first-order valence-corrected chi connectivity index (χ1v) is 8.57. The summed E-state index contributed by atoms with van der Waals surface area (Å²) in [5.74, 6) is 0. The molecule has 0 radical (unpaired) electrons. The third-order valence-electron chi connectivity index (χ3n) is 3.89. The molecule has 2 nitrogen and oxygen atoms in total. The molecule has 0 aliphatic rings. The molecular formula is C19H32N2. The molecule has 1 heterocycles. The number of hydrogen-bond acceptors (Lipinski definition) is 1. The Labute approximate surface area is 131 Å². The second-order valence-corrected chi connectivity index (χ2v) is 5.63. The van der Waals surface area contributed by atoms with Crippen molar-refractivity contribution in [2.75, 3.05) is 0 Å². The van der Waals surface area contributed by atoms with Gasteiger partial charge >= 0.3 is 0 Å². The molecule has 0 N–H and O–H groups in total. The zero-order valence-electron chi connectivity index (χ0n) is 14.0. The van der Waals surface area contributed by atoms with Gasteiger partial charge < -0.3 is 11.8 Å². The molecule has 2 heteroatoms. The van der Waals surface area contributed by atoms with E-state index < -0.39 is 0 Å². The van der Waals surface area contributed by atoms with Gasteiger partial charge in [-0.1, -0.05) is 58.8 Å². The van der Waals surface area contributed by atoms with Gasteiger partial charge in [0.15, 0.2) is 12.4 Å². The van der Waals surface area contributed by atoms with Crippen LogP contribution in [-0.2, 0) is 13.0 Å². The summed E-state index contributed by atoms with van der Waals surface area (Å²) in [6, 6.07) is 4.49. The van der Waals surface area contributed by atoms with Crippen molar-refractivity contribution in [1.82, 2.24) is 0 Å². The number of nitrogens with zero attached hydrogens (tertiary/aromatic N) is 2. The lowest BCUT2D eigenvalue weighted by Crippen LogP contribution is -2.32. The van der Waals surface area contributed by atoms with Crippen molar-refractivity contribution in [2.24, 2.45) is 0 Å². The number of aryl methyl sites for hydroxylation is 2. The molecule has 0 amide bonds. The summed E-state index contributed by atoms with van der Waals surface area (Å²) in [4.78, 5) is 0. The first-order chi connectivity index (χ1) is 10.4. The molecule has 0 aliphatic heterocycles. The van der Waals surface area contributed by atoms with Crippen molar-refractivity contribution in [3.05, 3.63) is 36.7 Å². The van der Waals surface area contributed by atoms with Crippen LogP contribution in [0, 0.1) is 11.8 Å². The minimum Gasteiger partial charge on any atom is -0.512 e. The molecule has 0 aromatic carbocycles. The summed E-state index contributed by atoms with van der Waals surface area (Å²) in [6.07, 6.45) is 18.3. The van der Waals surface area contributed by atoms with Gasteiger partial charge in [0, 0.05) is 18.6 Å². The lowest BCUT2D eigenvalue weighted by Gasteiger charge is -2.01. The minimum atomic E-state index is 1.14. The van der Waals surface area contributed by atoms with Gasteiger partial charge in [0.25, 0.3) is 0 Å². The molecule has 0 atom stereocenters. The van der Waals surface area contributed by atoms with Gasteiger partial charge in [0.05, 0.1) is 0 Å². The molecule has 0 spiro atoms. The largest absolute Gasteiger partial charge is 0.512 e. The Kier molecular flexibility index (Phi) is 14.1. The first-order valence-electron chi connectivity index (χ1n) is 8.57. The van der Waals surface area contributed by atoms with E-state index in [1.165, 1.54) is 69.9 Å². The van der Waals surface area contributed by atoms with Crippen molar-refractivity contribution in [3.8, 4) is 0 Å². The smallest absolute Gasteiger partial charge is 0.169 e. The Morgan fingerprint density at radius 1 is 0.810 bits per heavy atom. The van der Waals surface area contributed by atoms with E-state index in [1.807, 2.05) is 0 Å². The van der Waals surface area contributed by atoms with E-state index in [0.29, 0.717) is 0 Å². The fraction of sp³-hybridized carbons (Fsp3) is 0.684. The molecular weight excluding hydrogens is 256 g/mol. The quantitative estimate of drug-likeness (QED) is 0.314. The van der Waals surface area contributed by atoms with Gasteiger partial charge in [0.2, 0.25) is 0 Å². The summed E-state index contributed by atoms with van der Waals surface area (Å²) in [7, 11) is 0. The topological polar surface area (TPSA) is 27.7 Å². The lowest BCUT2D eigenvalue weighted by molar-refractivity contribution is -0.697. The molecule has 0 saturated carbocycles. The monoisotopic (exact) mass is 288 g/mol. The van der Waals surface area contributed by atoms with Crippen LogP contribution < -0.4 is 4.57 Å². The van der Waals surface area contributed by atoms with Crippen LogP contribution in [0.2, 0.25) is 0 Å². The maximum Gasteiger partial charge on any atom is 0.169 e. The molecule has 0 fully saturated rings. The molecule has 0 bridgehead atoms. The van der Waals surface area contributed by atoms with Crippen LogP contribution >= 0.6 is 0 Å². The third-order valence-corrected chi connectivity index (χ3v) is 3.89. The van der Waals surface area contributed by atoms with E-state index in [4.69, 9.17) is 11.8 Å². The number of aromatic nitrogens is 1. The van der Waals surface area contributed by atoms with E-state index in [1.54, 1.807) is 0 Å². The van der Waals surface area contributed by atoms with E-state index >= 15 is 0 Å². The summed E-state index contributed by atoms with van der Waals surface area (Å²) >= 11 is 0. The zero-order valence-corrected chi connectivity index (χ0v) is 14.0. The molecule has 1 aromatic rings. The van der Waals surface area contributed by atoms with Gasteiger partial charge in [-0.25, -0.2) is 4.57 Å². The van der Waals surface area contributed by atoms with Gasteiger partial charge in [-0.05, 0) is 18.4 Å². The second-order valence-electron chi connectivity index (χ2n) is 5.63. The standard InChI is InChI=1S/C18H32N.CN/c1-3-5-6-7-8-9-10-11-12-15-19-16-13-18(4-2)14-17-19;1-2/h13-14,16-17H,3-12,15H2,1-2H3;/q+1;-1. The first kappa shape index (κ1) is 19.6. The van der Waals surface area contributed by atoms with Crippen molar-refractivity contribution < 1.29 is 4.57 Å². The highest BCUT2D eigenvalue weighted by molar-refractivity contribution is 5.06. The maximum absolute atomic E-state index is 6.25. The molecule has 0 unspecified atom stereocenters. The molecule has 21 heavy (non-hydrogen) atoms. The Balaban J connectivity index is 0.00000191. The minimum absolute atomic E-state index is 1.14. The zero-order chi connectivity index (χ0) is 15.8. The Hall–Kier alpha value is -1.36. The average Bonchev–Trinajstić information content (AvgIpc) is 2.56. The Bertz CT molecular complexity index is 340. The van der Waals surface area contributed by atoms with Crippen LogP contribution in [0.15, 0.2) is 24.5 Å². The number of rotatable bonds is 11. The normalized spacial score (nSPS) is 9.90. The van der Waals surface area contributed by atoms with Crippen LogP contribution in [0.25, 0.3) is 0 Å². The van der Waals surface area contributed by atoms with Crippen molar-refractivity contribution in [3.63, 3.8) is 0 Å². The van der Waals surface area contributed by atoms with Gasteiger partial charge in [0.1, 0.15) is 6.54 Å². The molecule has 0 saturated heterocycles. The molecule has 0 aliphatic carbocycles. The van der Waals surface area contributed by atoms with Gasteiger partial charge in [-0.2, -0.15) is 0 Å². The second kappa shape index (κ2) is 15.0. The maximum atomic E-state index is 6.25. The van der Waals surface area contributed by atoms with Crippen LogP contribution in [0.1, 0.15) is 77.2 Å². The number of unbranched alkanes of at least 4 members (excludes halogenated alkanes) is 8. The van der Waals surface area contributed by atoms with Crippen molar-refractivity contribution in [2.45, 2.75) is 84.6 Å². The SMILES string of the molecule is CCCCCCCCCCC[n+]1ccc(CC)cc1.[C-]#N. The van der Waals surface area contributed by atoms with Crippen LogP contribution in [-0.4, -0.2) is 0 Å². The van der Waals surface area contributed by atoms with Crippen molar-refractivity contribution in [1.29, 1.82) is 5.26 Å². The third kappa shape index (κ3) is 11.0. The van der Waals surface area contributed by atoms with E-state index in [9.17, 15) is 0 Å². The van der Waals surface area contributed by atoms with Gasteiger partial charge in [-0.15, -0.1) is 0 Å². The number of pyridine rings is 1. The van der Waals surface area contributed by atoms with Gasteiger partial charge in [-0.3, -0.25) is 0 Å². The predicted octanol–water partition coefficient (Wildman–Crippen LogP) is 5.16.